The lowest BCUT2D eigenvalue weighted by atomic mass is 10.2. The van der Waals surface area contributed by atoms with E-state index in [1.54, 1.807) is 19.2 Å². The zero-order valence-corrected chi connectivity index (χ0v) is 16.5. The number of hydrogen-bond acceptors (Lipinski definition) is 4. The molecule has 0 saturated carbocycles. The first-order valence-electron chi connectivity index (χ1n) is 8.39. The number of sulfonamides is 1. The summed E-state index contributed by atoms with van der Waals surface area (Å²) in [5.41, 5.74) is -0.363. The molecule has 0 aromatic heterocycles. The summed E-state index contributed by atoms with van der Waals surface area (Å²) in [4.78, 5) is 1.19. The van der Waals surface area contributed by atoms with Gasteiger partial charge >= 0.3 is 6.18 Å². The Hall–Kier alpha value is -1.97. The molecule has 0 unspecified atom stereocenters. The number of nitrogens with zero attached hydrogens (tertiary/aromatic N) is 2. The Morgan fingerprint density at radius 3 is 2.14 bits per heavy atom. The molecule has 5 nitrogen and oxygen atoms in total. The largest absolute Gasteiger partial charge is 0.497 e. The predicted molar refractivity (Wildman–Crippen MR) is 100 cm³/mol. The molecular weight excluding hydrogens is 417 g/mol. The molecule has 1 heterocycles. The van der Waals surface area contributed by atoms with Gasteiger partial charge in [0, 0.05) is 36.9 Å². The van der Waals surface area contributed by atoms with Gasteiger partial charge in [-0.1, -0.05) is 11.6 Å². The van der Waals surface area contributed by atoms with E-state index >= 15 is 0 Å². The Morgan fingerprint density at radius 1 is 1.00 bits per heavy atom. The Morgan fingerprint density at radius 2 is 1.61 bits per heavy atom. The minimum absolute atomic E-state index is 0.0777. The molecule has 0 bridgehead atoms. The van der Waals surface area contributed by atoms with Gasteiger partial charge in [0.2, 0.25) is 10.0 Å². The number of benzene rings is 2. The molecular formula is C18H18ClF3N2O3S. The minimum Gasteiger partial charge on any atom is -0.497 e. The number of hydrogen-bond donors (Lipinski definition) is 0. The molecule has 3 rings (SSSR count). The molecule has 10 heteroatoms. The molecule has 2 aromatic carbocycles. The van der Waals surface area contributed by atoms with Crippen LogP contribution in [0.5, 0.6) is 5.75 Å². The monoisotopic (exact) mass is 434 g/mol. The van der Waals surface area contributed by atoms with Gasteiger partial charge < -0.3 is 9.64 Å². The summed E-state index contributed by atoms with van der Waals surface area (Å²) in [5, 5.41) is -0.171. The van der Waals surface area contributed by atoms with E-state index in [0.29, 0.717) is 24.9 Å². The van der Waals surface area contributed by atoms with Crippen LogP contribution in [0.15, 0.2) is 47.4 Å². The second-order valence-corrected chi connectivity index (χ2v) is 8.57. The van der Waals surface area contributed by atoms with Crippen molar-refractivity contribution in [2.24, 2.45) is 0 Å². The average molecular weight is 435 g/mol. The Bertz CT molecular complexity index is 942. The highest BCUT2D eigenvalue weighted by Gasteiger charge is 2.40. The first-order chi connectivity index (χ1) is 13.1. The molecule has 1 aliphatic heterocycles. The van der Waals surface area contributed by atoms with Crippen molar-refractivity contribution in [2.75, 3.05) is 38.2 Å². The lowest BCUT2D eigenvalue weighted by Crippen LogP contribution is -2.48. The maximum atomic E-state index is 13.3. The summed E-state index contributed by atoms with van der Waals surface area (Å²) in [6.07, 6.45) is -4.82. The van der Waals surface area contributed by atoms with Crippen LogP contribution in [0.4, 0.5) is 18.9 Å². The summed E-state index contributed by atoms with van der Waals surface area (Å²) in [7, 11) is -2.74. The summed E-state index contributed by atoms with van der Waals surface area (Å²) in [6, 6.07) is 9.99. The Labute approximate surface area is 166 Å². The third-order valence-corrected chi connectivity index (χ3v) is 6.73. The van der Waals surface area contributed by atoms with E-state index in [1.165, 1.54) is 0 Å². The van der Waals surface area contributed by atoms with E-state index in [1.807, 2.05) is 17.0 Å². The van der Waals surface area contributed by atoms with Gasteiger partial charge in [0.15, 0.2) is 0 Å². The van der Waals surface area contributed by atoms with Gasteiger partial charge in [-0.05, 0) is 42.5 Å². The van der Waals surface area contributed by atoms with Crippen molar-refractivity contribution in [2.45, 2.75) is 11.1 Å². The van der Waals surface area contributed by atoms with E-state index < -0.39 is 26.7 Å². The van der Waals surface area contributed by atoms with Crippen molar-refractivity contribution in [3.05, 3.63) is 53.1 Å². The van der Waals surface area contributed by atoms with Gasteiger partial charge in [-0.2, -0.15) is 17.5 Å². The fraction of sp³-hybridized carbons (Fsp3) is 0.333. The number of alkyl halides is 3. The van der Waals surface area contributed by atoms with Crippen LogP contribution in [-0.4, -0.2) is 46.0 Å². The first-order valence-corrected chi connectivity index (χ1v) is 10.2. The molecule has 0 aliphatic carbocycles. The molecule has 0 N–H and O–H groups in total. The molecule has 0 radical (unpaired) electrons. The molecule has 0 spiro atoms. The van der Waals surface area contributed by atoms with Crippen LogP contribution in [0.1, 0.15) is 5.56 Å². The smallest absolute Gasteiger partial charge is 0.417 e. The second-order valence-electron chi connectivity index (χ2n) is 6.23. The van der Waals surface area contributed by atoms with E-state index in [2.05, 4.69) is 0 Å². The molecule has 152 valence electrons. The quantitative estimate of drug-likeness (QED) is 0.732. The van der Waals surface area contributed by atoms with Crippen molar-refractivity contribution >= 4 is 27.3 Å². The van der Waals surface area contributed by atoms with Gasteiger partial charge in [-0.3, -0.25) is 0 Å². The van der Waals surface area contributed by atoms with Crippen LogP contribution in [0.25, 0.3) is 0 Å². The summed E-state index contributed by atoms with van der Waals surface area (Å²) < 4.78 is 71.8. The van der Waals surface area contributed by atoms with E-state index in [4.69, 9.17) is 16.3 Å². The van der Waals surface area contributed by atoms with Crippen LogP contribution in [-0.2, 0) is 16.2 Å². The number of anilines is 1. The van der Waals surface area contributed by atoms with Crippen LogP contribution in [0.3, 0.4) is 0 Å². The third-order valence-electron chi connectivity index (χ3n) is 4.54. The lowest BCUT2D eigenvalue weighted by Gasteiger charge is -2.35. The Balaban J connectivity index is 1.80. The fourth-order valence-corrected chi connectivity index (χ4v) is 4.85. The van der Waals surface area contributed by atoms with Crippen molar-refractivity contribution < 1.29 is 26.3 Å². The second kappa shape index (κ2) is 7.81. The van der Waals surface area contributed by atoms with Gasteiger partial charge in [0.25, 0.3) is 0 Å². The molecule has 1 aliphatic rings. The highest BCUT2D eigenvalue weighted by atomic mass is 35.5. The van der Waals surface area contributed by atoms with Gasteiger partial charge in [0.1, 0.15) is 5.75 Å². The van der Waals surface area contributed by atoms with Crippen LogP contribution >= 0.6 is 11.6 Å². The van der Waals surface area contributed by atoms with Gasteiger partial charge in [-0.25, -0.2) is 8.42 Å². The van der Waals surface area contributed by atoms with Crippen LogP contribution in [0, 0.1) is 0 Å². The molecule has 0 amide bonds. The van der Waals surface area contributed by atoms with Crippen LogP contribution < -0.4 is 9.64 Å². The third kappa shape index (κ3) is 4.21. The molecule has 1 saturated heterocycles. The number of halogens is 4. The van der Waals surface area contributed by atoms with Gasteiger partial charge in [0.05, 0.1) is 17.6 Å². The van der Waals surface area contributed by atoms with Crippen molar-refractivity contribution in [3.8, 4) is 5.75 Å². The van der Waals surface area contributed by atoms with E-state index in [9.17, 15) is 21.6 Å². The molecule has 2 aromatic rings. The summed E-state index contributed by atoms with van der Waals surface area (Å²) in [6.45, 7) is 0.879. The number of piperazine rings is 1. The van der Waals surface area contributed by atoms with E-state index in [0.717, 1.165) is 22.1 Å². The number of ether oxygens (including phenoxy) is 1. The standard InChI is InChI=1S/C18H18ClF3N2O3S/c1-27-15-5-3-14(4-6-15)23-8-10-24(11-9-23)28(25,26)17-7-2-13(19)12-16(17)18(20,21)22/h2-7,12H,8-11H2,1H3. The molecule has 0 atom stereocenters. The molecule has 28 heavy (non-hydrogen) atoms. The van der Waals surface area contributed by atoms with Crippen molar-refractivity contribution in [1.29, 1.82) is 0 Å². The predicted octanol–water partition coefficient (Wildman–Crippen LogP) is 3.88. The minimum atomic E-state index is -4.82. The van der Waals surface area contributed by atoms with Crippen molar-refractivity contribution in [1.82, 2.24) is 4.31 Å². The number of methoxy groups -OCH3 is 1. The normalized spacial score (nSPS) is 16.2. The zero-order chi connectivity index (χ0) is 20.5. The maximum Gasteiger partial charge on any atom is 0.417 e. The lowest BCUT2D eigenvalue weighted by molar-refractivity contribution is -0.139. The SMILES string of the molecule is COc1ccc(N2CCN(S(=O)(=O)c3ccc(Cl)cc3C(F)(F)F)CC2)cc1. The average Bonchev–Trinajstić information content (AvgIpc) is 2.67. The highest BCUT2D eigenvalue weighted by Crippen LogP contribution is 2.37. The molecule has 1 fully saturated rings. The van der Waals surface area contributed by atoms with Gasteiger partial charge in [-0.15, -0.1) is 0 Å². The Kier molecular flexibility index (Phi) is 5.79. The fourth-order valence-electron chi connectivity index (χ4n) is 3.07. The summed E-state index contributed by atoms with van der Waals surface area (Å²) >= 11 is 5.64. The van der Waals surface area contributed by atoms with Crippen molar-refractivity contribution in [3.63, 3.8) is 0 Å². The first kappa shape index (κ1) is 20.8. The zero-order valence-electron chi connectivity index (χ0n) is 14.9. The maximum absolute atomic E-state index is 13.3. The summed E-state index contributed by atoms with van der Waals surface area (Å²) in [5.74, 6) is 0.701. The topological polar surface area (TPSA) is 49.9 Å². The van der Waals surface area contributed by atoms with Crippen LogP contribution in [0.2, 0.25) is 5.02 Å². The van der Waals surface area contributed by atoms with E-state index in [-0.39, 0.29) is 18.1 Å². The highest BCUT2D eigenvalue weighted by molar-refractivity contribution is 7.89. The number of rotatable bonds is 4.